The molecule has 0 bridgehead atoms. The SMILES string of the molecule is CO[C@]1(C#CI)CC=C[C@@H](/C=C/CCCO[Si](c2ccccc2)(c2ccccc2)C(C)(C)C)O1. The summed E-state index contributed by atoms with van der Waals surface area (Å²) in [5.41, 5.74) is 0. The van der Waals surface area contributed by atoms with Crippen LogP contribution < -0.4 is 10.4 Å². The monoisotopic (exact) mass is 586 g/mol. The van der Waals surface area contributed by atoms with Gasteiger partial charge in [-0.3, -0.25) is 0 Å². The Bertz CT molecular complexity index is 979. The highest BCUT2D eigenvalue weighted by Crippen LogP contribution is 2.36. The highest BCUT2D eigenvalue weighted by atomic mass is 127. The van der Waals surface area contributed by atoms with E-state index in [0.29, 0.717) is 13.0 Å². The second kappa shape index (κ2) is 12.3. The molecule has 2 aromatic carbocycles. The van der Waals surface area contributed by atoms with Gasteiger partial charge in [0, 0.05) is 42.7 Å². The molecule has 0 unspecified atom stereocenters. The minimum absolute atomic E-state index is 0.00451. The van der Waals surface area contributed by atoms with Crippen molar-refractivity contribution in [2.75, 3.05) is 13.7 Å². The van der Waals surface area contributed by atoms with Crippen LogP contribution >= 0.6 is 22.6 Å². The molecule has 0 aliphatic carbocycles. The molecule has 34 heavy (non-hydrogen) atoms. The quantitative estimate of drug-likeness (QED) is 0.119. The zero-order chi connectivity index (χ0) is 24.5. The molecule has 2 atom stereocenters. The Labute approximate surface area is 219 Å². The van der Waals surface area contributed by atoms with Crippen molar-refractivity contribution in [2.24, 2.45) is 0 Å². The summed E-state index contributed by atoms with van der Waals surface area (Å²) in [6, 6.07) is 21.6. The first-order chi connectivity index (χ1) is 16.4. The van der Waals surface area contributed by atoms with Crippen LogP contribution in [0.5, 0.6) is 0 Å². The van der Waals surface area contributed by atoms with Gasteiger partial charge in [0.1, 0.15) is 0 Å². The van der Waals surface area contributed by atoms with Gasteiger partial charge in [-0.05, 0) is 38.1 Å². The van der Waals surface area contributed by atoms with Crippen molar-refractivity contribution in [1.82, 2.24) is 0 Å². The maximum absolute atomic E-state index is 6.96. The third-order valence-corrected chi connectivity index (χ3v) is 11.5. The molecular weight excluding hydrogens is 551 g/mol. The van der Waals surface area contributed by atoms with Gasteiger partial charge < -0.3 is 13.9 Å². The molecule has 0 amide bonds. The topological polar surface area (TPSA) is 27.7 Å². The van der Waals surface area contributed by atoms with Crippen LogP contribution in [0.25, 0.3) is 0 Å². The summed E-state index contributed by atoms with van der Waals surface area (Å²) in [6.07, 6.45) is 10.8. The lowest BCUT2D eigenvalue weighted by molar-refractivity contribution is -0.191. The van der Waals surface area contributed by atoms with Crippen molar-refractivity contribution < 1.29 is 13.9 Å². The fraction of sp³-hybridized carbons (Fsp3) is 0.379. The van der Waals surface area contributed by atoms with Crippen LogP contribution in [0.15, 0.2) is 85.0 Å². The summed E-state index contributed by atoms with van der Waals surface area (Å²) >= 11 is 2.02. The Morgan fingerprint density at radius 3 is 2.24 bits per heavy atom. The summed E-state index contributed by atoms with van der Waals surface area (Å²) in [4.78, 5) is 0. The van der Waals surface area contributed by atoms with E-state index in [0.717, 1.165) is 12.8 Å². The molecule has 1 aliphatic heterocycles. The van der Waals surface area contributed by atoms with E-state index in [1.807, 2.05) is 22.6 Å². The molecule has 0 radical (unpaired) electrons. The first kappa shape index (κ1) is 26.9. The number of halogens is 1. The zero-order valence-corrected chi connectivity index (χ0v) is 23.7. The van der Waals surface area contributed by atoms with Gasteiger partial charge in [0.05, 0.1) is 6.10 Å². The van der Waals surface area contributed by atoms with Crippen molar-refractivity contribution in [2.45, 2.75) is 57.0 Å². The second-order valence-corrected chi connectivity index (χ2v) is 14.3. The van der Waals surface area contributed by atoms with Gasteiger partial charge in [0.15, 0.2) is 0 Å². The molecule has 0 saturated heterocycles. The third-order valence-electron chi connectivity index (χ3n) is 6.18. The fourth-order valence-corrected chi connectivity index (χ4v) is 9.54. The second-order valence-electron chi connectivity index (χ2n) is 9.47. The molecular formula is C29H35IO3Si. The number of hydrogen-bond acceptors (Lipinski definition) is 3. The molecule has 0 saturated carbocycles. The maximum Gasteiger partial charge on any atom is 0.261 e. The van der Waals surface area contributed by atoms with Crippen molar-refractivity contribution in [3.8, 4) is 9.85 Å². The normalized spacial score (nSPS) is 20.8. The van der Waals surface area contributed by atoms with Gasteiger partial charge in [0.2, 0.25) is 5.79 Å². The Hall–Kier alpha value is -1.69. The molecule has 0 fully saturated rings. The lowest BCUT2D eigenvalue weighted by Crippen LogP contribution is -2.66. The minimum atomic E-state index is -2.47. The van der Waals surface area contributed by atoms with Crippen LogP contribution in [-0.2, 0) is 13.9 Å². The van der Waals surface area contributed by atoms with E-state index in [-0.39, 0.29) is 11.1 Å². The first-order valence-electron chi connectivity index (χ1n) is 11.8. The number of ether oxygens (including phenoxy) is 2. The van der Waals surface area contributed by atoms with Crippen LogP contribution in [0.4, 0.5) is 0 Å². The summed E-state index contributed by atoms with van der Waals surface area (Å²) in [7, 11) is -0.825. The Morgan fingerprint density at radius 2 is 1.71 bits per heavy atom. The molecule has 180 valence electrons. The van der Waals surface area contributed by atoms with Gasteiger partial charge in [-0.15, -0.1) is 0 Å². The van der Waals surface area contributed by atoms with Crippen molar-refractivity contribution in [3.63, 3.8) is 0 Å². The predicted octanol–water partition coefficient (Wildman–Crippen LogP) is 5.98. The van der Waals surface area contributed by atoms with Gasteiger partial charge in [0.25, 0.3) is 8.32 Å². The van der Waals surface area contributed by atoms with Gasteiger partial charge >= 0.3 is 0 Å². The smallest absolute Gasteiger partial charge is 0.261 e. The zero-order valence-electron chi connectivity index (χ0n) is 20.6. The third kappa shape index (κ3) is 6.29. The number of hydrogen-bond donors (Lipinski definition) is 0. The van der Waals surface area contributed by atoms with Gasteiger partial charge in [-0.25, -0.2) is 0 Å². The molecule has 0 aromatic heterocycles. The number of allylic oxidation sites excluding steroid dienone is 1. The van der Waals surface area contributed by atoms with E-state index in [1.165, 1.54) is 10.4 Å². The highest BCUT2D eigenvalue weighted by Gasteiger charge is 2.49. The average molecular weight is 587 g/mol. The Kier molecular flexibility index (Phi) is 9.75. The van der Waals surface area contributed by atoms with Crippen LogP contribution in [-0.4, -0.2) is 33.9 Å². The lowest BCUT2D eigenvalue weighted by Gasteiger charge is -2.43. The molecule has 1 heterocycles. The largest absolute Gasteiger partial charge is 0.407 e. The van der Waals surface area contributed by atoms with Crippen molar-refractivity contribution in [3.05, 3.63) is 85.0 Å². The molecule has 3 rings (SSSR count). The van der Waals surface area contributed by atoms with Crippen molar-refractivity contribution in [1.29, 1.82) is 0 Å². The van der Waals surface area contributed by atoms with Crippen LogP contribution in [0.2, 0.25) is 5.04 Å². The number of methoxy groups -OCH3 is 1. The van der Waals surface area contributed by atoms with Gasteiger partial charge in [-0.1, -0.05) is 106 Å². The van der Waals surface area contributed by atoms with E-state index in [9.17, 15) is 0 Å². The summed E-state index contributed by atoms with van der Waals surface area (Å²) < 4.78 is 21.5. The Morgan fingerprint density at radius 1 is 1.09 bits per heavy atom. The highest BCUT2D eigenvalue weighted by molar-refractivity contribution is 14.1. The van der Waals surface area contributed by atoms with E-state index < -0.39 is 14.1 Å². The summed E-state index contributed by atoms with van der Waals surface area (Å²) in [6.45, 7) is 7.65. The number of rotatable bonds is 9. The van der Waals surface area contributed by atoms with Crippen LogP contribution in [0.1, 0.15) is 40.0 Å². The van der Waals surface area contributed by atoms with E-state index >= 15 is 0 Å². The molecule has 2 aromatic rings. The molecule has 1 aliphatic rings. The Balaban J connectivity index is 1.68. The van der Waals surface area contributed by atoms with Gasteiger partial charge in [-0.2, -0.15) is 0 Å². The minimum Gasteiger partial charge on any atom is -0.407 e. The fourth-order valence-electron chi connectivity index (χ4n) is 4.52. The summed E-state index contributed by atoms with van der Waals surface area (Å²) in [5, 5.41) is 2.63. The molecule has 5 heteroatoms. The molecule has 3 nitrogen and oxygen atoms in total. The van der Waals surface area contributed by atoms with E-state index in [1.54, 1.807) is 7.11 Å². The first-order valence-corrected chi connectivity index (χ1v) is 14.8. The van der Waals surface area contributed by atoms with E-state index in [2.05, 4.69) is 116 Å². The number of benzene rings is 2. The standard InChI is InChI=1S/C29H35IO3Si/c1-28(2,3)34(26-17-9-5-10-18-26,27-19-11-6-12-20-27)32-24-13-7-8-15-25-16-14-21-29(31-4,33-25)22-23-30/h5-6,8-12,14-20,25H,7,13,21,24H2,1-4H3/b15-8+/t25-,29-/m1/s1. The lowest BCUT2D eigenvalue weighted by atomic mass is 10.1. The van der Waals surface area contributed by atoms with Crippen LogP contribution in [0.3, 0.4) is 0 Å². The summed E-state index contributed by atoms with van der Waals surface area (Å²) in [5.74, 6) is 2.19. The molecule has 0 N–H and O–H groups in total. The van der Waals surface area contributed by atoms with Crippen LogP contribution in [0, 0.1) is 9.85 Å². The van der Waals surface area contributed by atoms with E-state index in [4.69, 9.17) is 13.9 Å². The maximum atomic E-state index is 6.96. The molecule has 0 spiro atoms. The number of unbranched alkanes of at least 4 members (excludes halogenated alkanes) is 1. The average Bonchev–Trinajstić information content (AvgIpc) is 2.84. The van der Waals surface area contributed by atoms with Crippen molar-refractivity contribution >= 4 is 41.3 Å². The predicted molar refractivity (Wildman–Crippen MR) is 152 cm³/mol.